The van der Waals surface area contributed by atoms with Crippen LogP contribution in [0.25, 0.3) is 11.1 Å². The second kappa shape index (κ2) is 6.44. The predicted molar refractivity (Wildman–Crippen MR) is 85.1 cm³/mol. The summed E-state index contributed by atoms with van der Waals surface area (Å²) in [6.45, 7) is 8.04. The number of aryl methyl sites for hydroxylation is 1. The Morgan fingerprint density at radius 1 is 1.36 bits per heavy atom. The number of carbonyl (C=O) groups is 1. The first-order chi connectivity index (χ1) is 10.5. The van der Waals surface area contributed by atoms with Crippen molar-refractivity contribution in [3.8, 4) is 0 Å². The number of carbonyl (C=O) groups excluding carboxylic acids is 1. The van der Waals surface area contributed by atoms with E-state index in [1.54, 1.807) is 6.92 Å². The van der Waals surface area contributed by atoms with Gasteiger partial charge in [0, 0.05) is 12.0 Å². The molecule has 0 amide bonds. The molecule has 0 spiro atoms. The summed E-state index contributed by atoms with van der Waals surface area (Å²) in [5.41, 5.74) is 0.718. The Balaban J connectivity index is 2.42. The van der Waals surface area contributed by atoms with E-state index in [-0.39, 0.29) is 17.8 Å². The summed E-state index contributed by atoms with van der Waals surface area (Å²) in [7, 11) is 0. The second-order valence-electron chi connectivity index (χ2n) is 5.71. The molecule has 0 aliphatic rings. The number of Topliss-reactive ketones (excluding diaryl/α,β-unsaturated/α-hetero) is 1. The maximum atomic E-state index is 11.9. The largest absolute Gasteiger partial charge is 0.442 e. The number of ketones is 1. The molecule has 0 atom stereocenters. The zero-order chi connectivity index (χ0) is 16.3. The average Bonchev–Trinajstić information content (AvgIpc) is 2.86. The van der Waals surface area contributed by atoms with Gasteiger partial charge in [0.2, 0.25) is 5.71 Å². The molecule has 0 saturated carbocycles. The van der Waals surface area contributed by atoms with Crippen molar-refractivity contribution in [2.24, 2.45) is 5.41 Å². The Bertz CT molecular complexity index is 666. The van der Waals surface area contributed by atoms with Gasteiger partial charge in [-0.25, -0.2) is 9.97 Å². The van der Waals surface area contributed by atoms with E-state index in [2.05, 4.69) is 29.1 Å². The number of fused-ring (bicyclic) bond motifs is 1. The monoisotopic (exact) mass is 305 g/mol. The highest BCUT2D eigenvalue weighted by molar-refractivity contribution is 6.09. The fourth-order valence-corrected chi connectivity index (χ4v) is 2.65. The first-order valence-corrected chi connectivity index (χ1v) is 7.57. The molecule has 0 radical (unpaired) electrons. The molecular weight excluding hydrogens is 282 g/mol. The molecule has 0 bridgehead atoms. The molecule has 0 unspecified atom stereocenters. The summed E-state index contributed by atoms with van der Waals surface area (Å²) in [4.78, 5) is 20.2. The lowest BCUT2D eigenvalue weighted by atomic mass is 9.83. The minimum Gasteiger partial charge on any atom is -0.442 e. The molecular formula is C16H23N3O3. The van der Waals surface area contributed by atoms with E-state index < -0.39 is 0 Å². The molecule has 2 aromatic rings. The summed E-state index contributed by atoms with van der Waals surface area (Å²) < 4.78 is 5.55. The van der Waals surface area contributed by atoms with Gasteiger partial charge in [0.05, 0.1) is 17.6 Å². The number of nitrogens with one attached hydrogen (secondary N) is 1. The highest BCUT2D eigenvalue weighted by Gasteiger charge is 2.26. The zero-order valence-electron chi connectivity index (χ0n) is 13.6. The van der Waals surface area contributed by atoms with Crippen molar-refractivity contribution in [2.75, 3.05) is 18.5 Å². The van der Waals surface area contributed by atoms with Crippen LogP contribution in [0.4, 0.5) is 5.82 Å². The topological polar surface area (TPSA) is 88.2 Å². The van der Waals surface area contributed by atoms with E-state index in [1.807, 2.05) is 0 Å². The number of furan rings is 1. The van der Waals surface area contributed by atoms with Gasteiger partial charge in [-0.3, -0.25) is 4.79 Å². The van der Waals surface area contributed by atoms with Crippen molar-refractivity contribution < 1.29 is 14.3 Å². The average molecular weight is 305 g/mol. The van der Waals surface area contributed by atoms with Gasteiger partial charge in [0.15, 0.2) is 5.78 Å². The van der Waals surface area contributed by atoms with Gasteiger partial charge < -0.3 is 14.8 Å². The number of hydrogen-bond donors (Lipinski definition) is 2. The lowest BCUT2D eigenvalue weighted by molar-refractivity contribution is 0.101. The van der Waals surface area contributed by atoms with Crippen molar-refractivity contribution in [1.82, 2.24) is 9.97 Å². The number of anilines is 1. The van der Waals surface area contributed by atoms with E-state index in [0.29, 0.717) is 34.8 Å². The van der Waals surface area contributed by atoms with Gasteiger partial charge in [-0.05, 0) is 26.7 Å². The SMILES string of the molecule is CCC(CC)(CO)CNc1ncnc2oc(C)c(C(C)=O)c12. The molecule has 120 valence electrons. The Morgan fingerprint density at radius 2 is 2.05 bits per heavy atom. The number of aliphatic hydroxyl groups excluding tert-OH is 1. The standard InChI is InChI=1S/C16H23N3O3/c1-5-16(6-2,8-20)7-17-14-13-12(10(3)21)11(4)22-15(13)19-9-18-14/h9,20H,5-8H2,1-4H3,(H,17,18,19). The molecule has 22 heavy (non-hydrogen) atoms. The van der Waals surface area contributed by atoms with Crippen LogP contribution in [0.3, 0.4) is 0 Å². The number of hydrogen-bond acceptors (Lipinski definition) is 6. The van der Waals surface area contributed by atoms with E-state index in [0.717, 1.165) is 12.8 Å². The van der Waals surface area contributed by atoms with Gasteiger partial charge >= 0.3 is 0 Å². The summed E-state index contributed by atoms with van der Waals surface area (Å²) in [6, 6.07) is 0. The second-order valence-corrected chi connectivity index (χ2v) is 5.71. The molecule has 6 heteroatoms. The summed E-state index contributed by atoms with van der Waals surface area (Å²) in [5.74, 6) is 1.05. The van der Waals surface area contributed by atoms with Crippen LogP contribution in [0.15, 0.2) is 10.7 Å². The van der Waals surface area contributed by atoms with Gasteiger partial charge in [0.1, 0.15) is 17.9 Å². The van der Waals surface area contributed by atoms with Crippen molar-refractivity contribution in [3.63, 3.8) is 0 Å². The van der Waals surface area contributed by atoms with Gasteiger partial charge in [-0.2, -0.15) is 0 Å². The number of nitrogens with zero attached hydrogens (tertiary/aromatic N) is 2. The van der Waals surface area contributed by atoms with Crippen LogP contribution in [0.2, 0.25) is 0 Å². The van der Waals surface area contributed by atoms with Crippen LogP contribution in [0.5, 0.6) is 0 Å². The van der Waals surface area contributed by atoms with E-state index in [9.17, 15) is 9.90 Å². The highest BCUT2D eigenvalue weighted by Crippen LogP contribution is 2.31. The highest BCUT2D eigenvalue weighted by atomic mass is 16.3. The molecule has 0 saturated heterocycles. The molecule has 6 nitrogen and oxygen atoms in total. The quantitative estimate of drug-likeness (QED) is 0.765. The smallest absolute Gasteiger partial charge is 0.232 e. The minimum absolute atomic E-state index is 0.0755. The Hall–Kier alpha value is -1.95. The van der Waals surface area contributed by atoms with Crippen molar-refractivity contribution >= 4 is 22.7 Å². The Labute approximate surface area is 130 Å². The summed E-state index contributed by atoms with van der Waals surface area (Å²) in [5, 5.41) is 13.6. The zero-order valence-corrected chi connectivity index (χ0v) is 13.6. The van der Waals surface area contributed by atoms with E-state index >= 15 is 0 Å². The molecule has 2 heterocycles. The van der Waals surface area contributed by atoms with Crippen molar-refractivity contribution in [1.29, 1.82) is 0 Å². The third kappa shape index (κ3) is 2.83. The number of aromatic nitrogens is 2. The van der Waals surface area contributed by atoms with E-state index in [4.69, 9.17) is 4.42 Å². The number of rotatable bonds is 7. The van der Waals surface area contributed by atoms with Crippen molar-refractivity contribution in [3.05, 3.63) is 17.7 Å². The fraction of sp³-hybridized carbons (Fsp3) is 0.562. The predicted octanol–water partition coefficient (Wildman–Crippen LogP) is 2.94. The molecule has 2 N–H and O–H groups in total. The van der Waals surface area contributed by atoms with Crippen molar-refractivity contribution in [2.45, 2.75) is 40.5 Å². The molecule has 0 aliphatic carbocycles. The summed E-state index contributed by atoms with van der Waals surface area (Å²) in [6.07, 6.45) is 3.12. The lowest BCUT2D eigenvalue weighted by Gasteiger charge is -2.29. The first kappa shape index (κ1) is 16.4. The minimum atomic E-state index is -0.202. The third-order valence-corrected chi connectivity index (χ3v) is 4.48. The lowest BCUT2D eigenvalue weighted by Crippen LogP contribution is -2.32. The molecule has 0 aromatic carbocycles. The molecule has 2 rings (SSSR count). The van der Waals surface area contributed by atoms with Gasteiger partial charge in [0.25, 0.3) is 0 Å². The normalized spacial score (nSPS) is 11.9. The van der Waals surface area contributed by atoms with Crippen LogP contribution >= 0.6 is 0 Å². The molecule has 0 aliphatic heterocycles. The molecule has 2 aromatic heterocycles. The Kier molecular flexibility index (Phi) is 4.81. The first-order valence-electron chi connectivity index (χ1n) is 7.57. The maximum absolute atomic E-state index is 11.9. The van der Waals surface area contributed by atoms with Gasteiger partial charge in [-0.1, -0.05) is 13.8 Å². The van der Waals surface area contributed by atoms with Crippen LogP contribution in [0.1, 0.15) is 49.7 Å². The summed E-state index contributed by atoms with van der Waals surface area (Å²) >= 11 is 0. The van der Waals surface area contributed by atoms with Crippen LogP contribution in [-0.2, 0) is 0 Å². The Morgan fingerprint density at radius 3 is 2.59 bits per heavy atom. The maximum Gasteiger partial charge on any atom is 0.232 e. The van der Waals surface area contributed by atoms with E-state index in [1.165, 1.54) is 13.3 Å². The van der Waals surface area contributed by atoms with Crippen LogP contribution in [-0.4, -0.2) is 34.0 Å². The van der Waals surface area contributed by atoms with Crippen LogP contribution in [0, 0.1) is 12.3 Å². The van der Waals surface area contributed by atoms with Crippen LogP contribution < -0.4 is 5.32 Å². The van der Waals surface area contributed by atoms with Gasteiger partial charge in [-0.15, -0.1) is 0 Å². The third-order valence-electron chi connectivity index (χ3n) is 4.48. The number of aliphatic hydroxyl groups is 1. The fourth-order valence-electron chi connectivity index (χ4n) is 2.65. The molecule has 0 fully saturated rings.